The number of nitrogens with zero attached hydrogens (tertiary/aromatic N) is 1. The van der Waals surface area contributed by atoms with Gasteiger partial charge in [-0.25, -0.2) is 0 Å². The van der Waals surface area contributed by atoms with Gasteiger partial charge in [-0.3, -0.25) is 4.99 Å². The molecule has 0 aromatic rings. The fourth-order valence-corrected chi connectivity index (χ4v) is 0.719. The van der Waals surface area contributed by atoms with Gasteiger partial charge in [0.25, 0.3) is 0 Å². The first kappa shape index (κ1) is 6.55. The third-order valence-electron chi connectivity index (χ3n) is 1.14. The van der Waals surface area contributed by atoms with Crippen LogP contribution in [-0.2, 0) is 4.74 Å². The highest BCUT2D eigenvalue weighted by Gasteiger charge is 2.01. The molecular weight excluding hydrogens is 116 g/mol. The quantitative estimate of drug-likeness (QED) is 0.559. The van der Waals surface area contributed by atoms with Crippen molar-refractivity contribution in [2.24, 2.45) is 4.99 Å². The Morgan fingerprint density at radius 1 is 1.89 bits per heavy atom. The highest BCUT2D eigenvalue weighted by molar-refractivity contribution is 5.84. The average molecular weight is 127 g/mol. The number of hydrogen-bond acceptors (Lipinski definition) is 3. The Kier molecular flexibility index (Phi) is 2.51. The number of nitrogens with one attached hydrogen (secondary N) is 1. The summed E-state index contributed by atoms with van der Waals surface area (Å²) in [7, 11) is 1.67. The van der Waals surface area contributed by atoms with E-state index in [9.17, 15) is 0 Å². The molecule has 1 radical (unpaired) electrons. The van der Waals surface area contributed by atoms with Crippen LogP contribution in [0.4, 0.5) is 0 Å². The molecule has 0 spiro atoms. The van der Waals surface area contributed by atoms with E-state index >= 15 is 0 Å². The summed E-state index contributed by atoms with van der Waals surface area (Å²) < 4.78 is 4.87. The molecule has 0 fully saturated rings. The van der Waals surface area contributed by atoms with Crippen molar-refractivity contribution in [3.8, 4) is 0 Å². The molecule has 1 N–H and O–H groups in total. The zero-order valence-electron chi connectivity index (χ0n) is 5.55. The van der Waals surface area contributed by atoms with E-state index in [-0.39, 0.29) is 0 Å². The van der Waals surface area contributed by atoms with Gasteiger partial charge in [-0.2, -0.15) is 0 Å². The molecule has 0 amide bonds. The monoisotopic (exact) mass is 127 g/mol. The fraction of sp³-hybridized carbons (Fsp3) is 0.667. The van der Waals surface area contributed by atoms with E-state index in [1.54, 1.807) is 7.11 Å². The number of rotatable bonds is 2. The van der Waals surface area contributed by atoms with Crippen LogP contribution in [0.25, 0.3) is 0 Å². The first-order chi connectivity index (χ1) is 4.43. The van der Waals surface area contributed by atoms with Gasteiger partial charge >= 0.3 is 0 Å². The summed E-state index contributed by atoms with van der Waals surface area (Å²) >= 11 is 0. The number of hydrogen-bond donors (Lipinski definition) is 1. The number of methoxy groups -OCH3 is 1. The van der Waals surface area contributed by atoms with E-state index in [2.05, 4.69) is 16.7 Å². The maximum absolute atomic E-state index is 4.87. The molecule has 0 aromatic carbocycles. The largest absolute Gasteiger partial charge is 0.377 e. The van der Waals surface area contributed by atoms with Gasteiger partial charge in [0.05, 0.1) is 0 Å². The van der Waals surface area contributed by atoms with Crippen LogP contribution in [0.1, 0.15) is 0 Å². The molecule has 1 rings (SSSR count). The van der Waals surface area contributed by atoms with Crippen molar-refractivity contribution in [2.75, 3.05) is 26.8 Å². The molecule has 0 atom stereocenters. The van der Waals surface area contributed by atoms with Crippen molar-refractivity contribution in [3.05, 3.63) is 6.42 Å². The molecule has 1 aliphatic heterocycles. The van der Waals surface area contributed by atoms with Crippen LogP contribution in [0.2, 0.25) is 0 Å². The average Bonchev–Trinajstić information content (AvgIpc) is 1.91. The first-order valence-corrected chi connectivity index (χ1v) is 3.01. The minimum atomic E-state index is 0.605. The molecular formula is C6H11N2O. The minimum absolute atomic E-state index is 0.605. The van der Waals surface area contributed by atoms with Gasteiger partial charge in [0.2, 0.25) is 0 Å². The van der Waals surface area contributed by atoms with Crippen LogP contribution in [0, 0.1) is 6.42 Å². The van der Waals surface area contributed by atoms with Crippen molar-refractivity contribution < 1.29 is 4.74 Å². The predicted molar refractivity (Wildman–Crippen MR) is 36.5 cm³/mol. The summed E-state index contributed by atoms with van der Waals surface area (Å²) in [6.45, 7) is 2.35. The van der Waals surface area contributed by atoms with Crippen molar-refractivity contribution in [1.29, 1.82) is 0 Å². The SMILES string of the molecule is COCC1=NC[CH]CN1. The summed E-state index contributed by atoms with van der Waals surface area (Å²) in [6, 6.07) is 0. The molecule has 0 bridgehead atoms. The van der Waals surface area contributed by atoms with Gasteiger partial charge < -0.3 is 10.1 Å². The second-order valence-corrected chi connectivity index (χ2v) is 1.89. The summed E-state index contributed by atoms with van der Waals surface area (Å²) in [5.41, 5.74) is 0. The highest BCUT2D eigenvalue weighted by atomic mass is 16.5. The van der Waals surface area contributed by atoms with Gasteiger partial charge in [0, 0.05) is 26.6 Å². The van der Waals surface area contributed by atoms with Crippen LogP contribution in [-0.4, -0.2) is 32.6 Å². The number of amidine groups is 1. The van der Waals surface area contributed by atoms with Crippen LogP contribution in [0.3, 0.4) is 0 Å². The molecule has 0 unspecified atom stereocenters. The van der Waals surface area contributed by atoms with E-state index in [0.29, 0.717) is 6.61 Å². The summed E-state index contributed by atoms with van der Waals surface area (Å²) in [5, 5.41) is 3.09. The highest BCUT2D eigenvalue weighted by Crippen LogP contribution is 1.87. The normalized spacial score (nSPS) is 18.6. The Hall–Kier alpha value is -0.570. The third-order valence-corrected chi connectivity index (χ3v) is 1.14. The minimum Gasteiger partial charge on any atom is -0.377 e. The van der Waals surface area contributed by atoms with E-state index in [1.807, 2.05) is 0 Å². The van der Waals surface area contributed by atoms with Crippen molar-refractivity contribution >= 4 is 5.84 Å². The molecule has 1 aliphatic rings. The second kappa shape index (κ2) is 3.45. The van der Waals surface area contributed by atoms with E-state index in [0.717, 1.165) is 18.9 Å². The van der Waals surface area contributed by atoms with Crippen molar-refractivity contribution in [1.82, 2.24) is 5.32 Å². The maximum atomic E-state index is 4.87. The molecule has 3 nitrogen and oxygen atoms in total. The third kappa shape index (κ3) is 2.01. The molecule has 0 aliphatic carbocycles. The Morgan fingerprint density at radius 2 is 2.78 bits per heavy atom. The molecule has 9 heavy (non-hydrogen) atoms. The topological polar surface area (TPSA) is 33.6 Å². The smallest absolute Gasteiger partial charge is 0.123 e. The Morgan fingerprint density at radius 3 is 3.33 bits per heavy atom. The van der Waals surface area contributed by atoms with Gasteiger partial charge in [-0.15, -0.1) is 0 Å². The summed E-state index contributed by atoms with van der Waals surface area (Å²) in [5.74, 6) is 0.958. The van der Waals surface area contributed by atoms with E-state index in [4.69, 9.17) is 4.74 Å². The number of aliphatic imine (C=N–C) groups is 1. The Bertz CT molecular complexity index is 112. The lowest BCUT2D eigenvalue weighted by atomic mass is 10.3. The van der Waals surface area contributed by atoms with Crippen LogP contribution in [0.5, 0.6) is 0 Å². The zero-order chi connectivity index (χ0) is 6.53. The molecule has 1 heterocycles. The van der Waals surface area contributed by atoms with Gasteiger partial charge in [-0.05, 0) is 0 Å². The number of ether oxygens (including phenoxy) is 1. The summed E-state index contributed by atoms with van der Waals surface area (Å²) in [6.07, 6.45) is 2.08. The van der Waals surface area contributed by atoms with Crippen molar-refractivity contribution in [2.45, 2.75) is 0 Å². The molecule has 0 saturated carbocycles. The lowest BCUT2D eigenvalue weighted by Crippen LogP contribution is -2.32. The lowest BCUT2D eigenvalue weighted by Gasteiger charge is -2.12. The molecule has 51 valence electrons. The fourth-order valence-electron chi connectivity index (χ4n) is 0.719. The molecule has 0 aromatic heterocycles. The van der Waals surface area contributed by atoms with Crippen LogP contribution in [0.15, 0.2) is 4.99 Å². The van der Waals surface area contributed by atoms with Crippen LogP contribution < -0.4 is 5.32 Å². The van der Waals surface area contributed by atoms with E-state index < -0.39 is 0 Å². The Balaban J connectivity index is 2.28. The maximum Gasteiger partial charge on any atom is 0.123 e. The summed E-state index contributed by atoms with van der Waals surface area (Å²) in [4.78, 5) is 4.14. The lowest BCUT2D eigenvalue weighted by molar-refractivity contribution is 0.242. The Labute approximate surface area is 55.1 Å². The van der Waals surface area contributed by atoms with Gasteiger partial charge in [0.15, 0.2) is 0 Å². The predicted octanol–water partition coefficient (Wildman–Crippen LogP) is -0.161. The van der Waals surface area contributed by atoms with Crippen LogP contribution >= 0.6 is 0 Å². The molecule has 0 saturated heterocycles. The van der Waals surface area contributed by atoms with Gasteiger partial charge in [0.1, 0.15) is 12.4 Å². The van der Waals surface area contributed by atoms with Gasteiger partial charge in [-0.1, -0.05) is 0 Å². The van der Waals surface area contributed by atoms with Crippen molar-refractivity contribution in [3.63, 3.8) is 0 Å². The molecule has 3 heteroatoms. The standard InChI is InChI=1S/C6H11N2O/c1-9-5-6-7-3-2-4-8-6/h2H,3-5H2,1H3,(H,7,8). The zero-order valence-corrected chi connectivity index (χ0v) is 5.55. The first-order valence-electron chi connectivity index (χ1n) is 3.01. The van der Waals surface area contributed by atoms with E-state index in [1.165, 1.54) is 0 Å². The second-order valence-electron chi connectivity index (χ2n) is 1.89.